The molecule has 0 N–H and O–H groups in total. The van der Waals surface area contributed by atoms with Crippen LogP contribution in [0.25, 0.3) is 11.3 Å². The Hall–Kier alpha value is -2.56. The first kappa shape index (κ1) is 15.3. The summed E-state index contributed by atoms with van der Waals surface area (Å²) >= 11 is 0. The molecule has 1 saturated heterocycles. The van der Waals surface area contributed by atoms with E-state index >= 15 is 0 Å². The minimum atomic E-state index is 0.0310. The molecule has 0 bridgehead atoms. The van der Waals surface area contributed by atoms with Crippen LogP contribution in [0.4, 0.5) is 0 Å². The molecule has 1 amide bonds. The number of likely N-dealkylation sites (tertiary alicyclic amines) is 1. The molecule has 1 aliphatic heterocycles. The number of carbonyl (C=O) groups excluding carboxylic acids is 1. The van der Waals surface area contributed by atoms with Gasteiger partial charge in [-0.15, -0.1) is 0 Å². The van der Waals surface area contributed by atoms with Crippen LogP contribution in [0.3, 0.4) is 0 Å². The third kappa shape index (κ3) is 2.99. The van der Waals surface area contributed by atoms with E-state index in [4.69, 9.17) is 9.47 Å². The molecule has 0 atom stereocenters. The first-order valence-electron chi connectivity index (χ1n) is 7.71. The molecule has 2 heterocycles. The lowest BCUT2D eigenvalue weighted by atomic mass is 10.0. The molecule has 5 nitrogen and oxygen atoms in total. The molecule has 0 saturated carbocycles. The topological polar surface area (TPSA) is 51.7 Å². The molecule has 0 unspecified atom stereocenters. The number of ether oxygens (including phenoxy) is 2. The molecule has 1 aliphatic rings. The van der Waals surface area contributed by atoms with Gasteiger partial charge in [0, 0.05) is 30.9 Å². The minimum absolute atomic E-state index is 0.0310. The van der Waals surface area contributed by atoms with Gasteiger partial charge >= 0.3 is 0 Å². The Kier molecular flexibility index (Phi) is 4.46. The van der Waals surface area contributed by atoms with E-state index in [2.05, 4.69) is 4.98 Å². The number of rotatable bonds is 4. The molecule has 2 aromatic rings. The van der Waals surface area contributed by atoms with Gasteiger partial charge in [0.25, 0.3) is 5.91 Å². The van der Waals surface area contributed by atoms with E-state index < -0.39 is 0 Å². The fourth-order valence-corrected chi connectivity index (χ4v) is 2.88. The largest absolute Gasteiger partial charge is 0.497 e. The molecule has 0 radical (unpaired) electrons. The second kappa shape index (κ2) is 6.69. The van der Waals surface area contributed by atoms with Crippen LogP contribution >= 0.6 is 0 Å². The van der Waals surface area contributed by atoms with Gasteiger partial charge < -0.3 is 14.4 Å². The lowest BCUT2D eigenvalue weighted by molar-refractivity contribution is 0.0793. The Morgan fingerprint density at radius 1 is 1.13 bits per heavy atom. The van der Waals surface area contributed by atoms with E-state index in [1.165, 1.54) is 0 Å². The van der Waals surface area contributed by atoms with Gasteiger partial charge in [-0.25, -0.2) is 0 Å². The Bertz CT molecular complexity index is 709. The summed E-state index contributed by atoms with van der Waals surface area (Å²) in [6, 6.07) is 9.14. The maximum Gasteiger partial charge on any atom is 0.256 e. The average molecular weight is 312 g/mol. The summed E-state index contributed by atoms with van der Waals surface area (Å²) in [5, 5.41) is 0. The Morgan fingerprint density at radius 2 is 1.91 bits per heavy atom. The Morgan fingerprint density at radius 3 is 2.61 bits per heavy atom. The molecular formula is C18H20N2O3. The summed E-state index contributed by atoms with van der Waals surface area (Å²) in [5.74, 6) is 1.37. The number of methoxy groups -OCH3 is 2. The Labute approximate surface area is 135 Å². The monoisotopic (exact) mass is 312 g/mol. The van der Waals surface area contributed by atoms with Gasteiger partial charge in [0.05, 0.1) is 25.5 Å². The van der Waals surface area contributed by atoms with Crippen molar-refractivity contribution in [1.29, 1.82) is 0 Å². The third-order valence-electron chi connectivity index (χ3n) is 4.10. The van der Waals surface area contributed by atoms with Crippen molar-refractivity contribution in [2.24, 2.45) is 0 Å². The number of hydrogen-bond acceptors (Lipinski definition) is 4. The highest BCUT2D eigenvalue weighted by atomic mass is 16.5. The minimum Gasteiger partial charge on any atom is -0.497 e. The van der Waals surface area contributed by atoms with Gasteiger partial charge in [-0.1, -0.05) is 0 Å². The highest BCUT2D eigenvalue weighted by Gasteiger charge is 2.24. The number of nitrogens with zero attached hydrogens (tertiary/aromatic N) is 2. The zero-order chi connectivity index (χ0) is 16.2. The lowest BCUT2D eigenvalue weighted by Crippen LogP contribution is -2.28. The lowest BCUT2D eigenvalue weighted by Gasteiger charge is -2.18. The van der Waals surface area contributed by atoms with Crippen LogP contribution in [-0.4, -0.2) is 43.1 Å². The van der Waals surface area contributed by atoms with Crippen LogP contribution in [0.5, 0.6) is 11.5 Å². The Balaban J connectivity index is 2.05. The maximum atomic E-state index is 12.8. The number of aromatic nitrogens is 1. The molecule has 1 aromatic carbocycles. The van der Waals surface area contributed by atoms with Gasteiger partial charge in [0.2, 0.25) is 0 Å². The van der Waals surface area contributed by atoms with Gasteiger partial charge in [-0.05, 0) is 37.1 Å². The molecule has 1 fully saturated rings. The van der Waals surface area contributed by atoms with E-state index in [0.717, 1.165) is 31.5 Å². The van der Waals surface area contributed by atoms with Gasteiger partial charge in [0.15, 0.2) is 0 Å². The standard InChI is InChI=1S/C18H20N2O3/c1-22-13-7-8-14(16(12-13)23-2)17-15(6-5-9-19-17)18(21)20-10-3-4-11-20/h5-9,12H,3-4,10-11H2,1-2H3. The molecule has 5 heteroatoms. The normalized spacial score (nSPS) is 13.9. The molecular weight excluding hydrogens is 292 g/mol. The summed E-state index contributed by atoms with van der Waals surface area (Å²) in [5.41, 5.74) is 2.04. The van der Waals surface area contributed by atoms with Crippen molar-refractivity contribution < 1.29 is 14.3 Å². The summed E-state index contributed by atoms with van der Waals surface area (Å²) in [4.78, 5) is 19.1. The van der Waals surface area contributed by atoms with Crippen molar-refractivity contribution in [2.75, 3.05) is 27.3 Å². The molecule has 0 spiro atoms. The highest BCUT2D eigenvalue weighted by molar-refractivity contribution is 6.00. The van der Waals surface area contributed by atoms with Gasteiger partial charge in [-0.3, -0.25) is 9.78 Å². The highest BCUT2D eigenvalue weighted by Crippen LogP contribution is 2.34. The first-order chi connectivity index (χ1) is 11.2. The zero-order valence-electron chi connectivity index (χ0n) is 13.4. The van der Waals surface area contributed by atoms with Crippen molar-refractivity contribution in [3.8, 4) is 22.8 Å². The second-order valence-electron chi connectivity index (χ2n) is 5.47. The fourth-order valence-electron chi connectivity index (χ4n) is 2.88. The smallest absolute Gasteiger partial charge is 0.256 e. The number of pyridine rings is 1. The third-order valence-corrected chi connectivity index (χ3v) is 4.10. The molecule has 0 aliphatic carbocycles. The molecule has 23 heavy (non-hydrogen) atoms. The predicted molar refractivity (Wildman–Crippen MR) is 87.9 cm³/mol. The zero-order valence-corrected chi connectivity index (χ0v) is 13.4. The molecule has 3 rings (SSSR count). The number of hydrogen-bond donors (Lipinski definition) is 0. The summed E-state index contributed by atoms with van der Waals surface area (Å²) in [6.45, 7) is 1.62. The quantitative estimate of drug-likeness (QED) is 0.871. The number of carbonyl (C=O) groups is 1. The van der Waals surface area contributed by atoms with E-state index in [-0.39, 0.29) is 5.91 Å². The van der Waals surface area contributed by atoms with Crippen LogP contribution < -0.4 is 9.47 Å². The summed E-state index contributed by atoms with van der Waals surface area (Å²) in [6.07, 6.45) is 3.82. The van der Waals surface area contributed by atoms with Crippen molar-refractivity contribution in [2.45, 2.75) is 12.8 Å². The van der Waals surface area contributed by atoms with Crippen molar-refractivity contribution in [1.82, 2.24) is 9.88 Å². The fraction of sp³-hybridized carbons (Fsp3) is 0.333. The van der Waals surface area contributed by atoms with E-state index in [1.54, 1.807) is 32.5 Å². The second-order valence-corrected chi connectivity index (χ2v) is 5.47. The van der Waals surface area contributed by atoms with Crippen molar-refractivity contribution in [3.05, 3.63) is 42.1 Å². The van der Waals surface area contributed by atoms with Crippen molar-refractivity contribution in [3.63, 3.8) is 0 Å². The van der Waals surface area contributed by atoms with Crippen LogP contribution in [0.15, 0.2) is 36.5 Å². The van der Waals surface area contributed by atoms with E-state index in [1.807, 2.05) is 23.1 Å². The number of benzene rings is 1. The van der Waals surface area contributed by atoms with Crippen LogP contribution in [-0.2, 0) is 0 Å². The van der Waals surface area contributed by atoms with Gasteiger partial charge in [-0.2, -0.15) is 0 Å². The van der Waals surface area contributed by atoms with E-state index in [9.17, 15) is 4.79 Å². The average Bonchev–Trinajstić information content (AvgIpc) is 3.15. The van der Waals surface area contributed by atoms with Gasteiger partial charge in [0.1, 0.15) is 11.5 Å². The molecule has 1 aromatic heterocycles. The SMILES string of the molecule is COc1ccc(-c2ncccc2C(=O)N2CCCC2)c(OC)c1. The predicted octanol–water partition coefficient (Wildman–Crippen LogP) is 3.00. The first-order valence-corrected chi connectivity index (χ1v) is 7.71. The van der Waals surface area contributed by atoms with Crippen LogP contribution in [0, 0.1) is 0 Å². The van der Waals surface area contributed by atoms with Crippen molar-refractivity contribution >= 4 is 5.91 Å². The number of amides is 1. The summed E-state index contributed by atoms with van der Waals surface area (Å²) in [7, 11) is 3.21. The van der Waals surface area contributed by atoms with Crippen LogP contribution in [0.1, 0.15) is 23.2 Å². The maximum absolute atomic E-state index is 12.8. The molecule has 120 valence electrons. The van der Waals surface area contributed by atoms with Crippen LogP contribution in [0.2, 0.25) is 0 Å². The summed E-state index contributed by atoms with van der Waals surface area (Å²) < 4.78 is 10.7. The van der Waals surface area contributed by atoms with E-state index in [0.29, 0.717) is 22.8 Å².